The molecule has 202 valence electrons. The summed E-state index contributed by atoms with van der Waals surface area (Å²) in [7, 11) is 0. The van der Waals surface area contributed by atoms with Crippen molar-refractivity contribution in [1.29, 1.82) is 0 Å². The highest BCUT2D eigenvalue weighted by Crippen LogP contribution is 2.26. The molecule has 2 aromatic carbocycles. The Balaban J connectivity index is 1.59. The summed E-state index contributed by atoms with van der Waals surface area (Å²) in [6.07, 6.45) is 3.61. The molecule has 2 N–H and O–H groups in total. The summed E-state index contributed by atoms with van der Waals surface area (Å²) in [6.45, 7) is 9.09. The molecule has 1 aliphatic heterocycles. The molecule has 9 heteroatoms. The number of hydrogen-bond donors (Lipinski definition) is 2. The minimum absolute atomic E-state index is 0.0820. The maximum atomic E-state index is 13.3. The summed E-state index contributed by atoms with van der Waals surface area (Å²) in [5.74, 6) is 0.731. The normalized spacial score (nSPS) is 15.2. The third-order valence-electron chi connectivity index (χ3n) is 5.99. The van der Waals surface area contributed by atoms with Crippen molar-refractivity contribution in [3.8, 4) is 22.7 Å². The molecule has 3 amide bonds. The van der Waals surface area contributed by atoms with Crippen LogP contribution in [0, 0.1) is 0 Å². The first-order valence-electron chi connectivity index (χ1n) is 13.1. The fourth-order valence-electron chi connectivity index (χ4n) is 4.29. The van der Waals surface area contributed by atoms with Crippen LogP contribution in [0.25, 0.3) is 16.9 Å². The van der Waals surface area contributed by atoms with Gasteiger partial charge in [-0.3, -0.25) is 14.7 Å². The Hall–Kier alpha value is -3.85. The van der Waals surface area contributed by atoms with Gasteiger partial charge in [-0.2, -0.15) is 0 Å². The highest BCUT2D eigenvalue weighted by atomic mass is 16.5. The lowest BCUT2D eigenvalue weighted by Crippen LogP contribution is -2.52. The monoisotopic (exact) mass is 519 g/mol. The average molecular weight is 520 g/mol. The molecule has 1 aliphatic rings. The molecular weight excluding hydrogens is 482 g/mol. The van der Waals surface area contributed by atoms with Crippen LogP contribution in [0.4, 0.5) is 10.7 Å². The number of nitrogens with one attached hydrogen (secondary N) is 2. The van der Waals surface area contributed by atoms with Gasteiger partial charge in [-0.15, -0.1) is 0 Å². The van der Waals surface area contributed by atoms with Crippen molar-refractivity contribution in [2.45, 2.75) is 52.2 Å². The van der Waals surface area contributed by atoms with Crippen molar-refractivity contribution in [3.05, 3.63) is 60.8 Å². The lowest BCUT2D eigenvalue weighted by atomic mass is 10.1. The lowest BCUT2D eigenvalue weighted by Gasteiger charge is -2.29. The second-order valence-corrected chi connectivity index (χ2v) is 10.4. The van der Waals surface area contributed by atoms with Gasteiger partial charge < -0.3 is 19.7 Å². The number of carbonyl (C=O) groups excluding carboxylic acids is 2. The standard InChI is InChI=1S/C29H37N5O4/c1-5-37-23-14-9-13-22(17-23)34-19-25(21-11-7-6-8-12-21)30-27(34)31-26(35)20-33(18-24-15-10-16-38-24)28(36)32-29(2,3)4/h6-9,11-14,17,19,24H,5,10,15-16,18,20H2,1-4H3,(H,32,36)(H,30,31,35)/t24-/m1/s1. The molecule has 4 rings (SSSR count). The molecule has 1 aromatic heterocycles. The van der Waals surface area contributed by atoms with Crippen molar-refractivity contribution in [3.63, 3.8) is 0 Å². The van der Waals surface area contributed by atoms with E-state index in [1.807, 2.05) is 93.1 Å². The van der Waals surface area contributed by atoms with Crippen molar-refractivity contribution >= 4 is 17.9 Å². The van der Waals surface area contributed by atoms with Crippen LogP contribution in [0.5, 0.6) is 5.75 Å². The zero-order valence-corrected chi connectivity index (χ0v) is 22.6. The van der Waals surface area contributed by atoms with Gasteiger partial charge in [0.2, 0.25) is 11.9 Å². The molecule has 0 aliphatic carbocycles. The molecule has 0 saturated carbocycles. The maximum Gasteiger partial charge on any atom is 0.318 e. The maximum absolute atomic E-state index is 13.3. The highest BCUT2D eigenvalue weighted by Gasteiger charge is 2.27. The smallest absolute Gasteiger partial charge is 0.318 e. The number of nitrogens with zero attached hydrogens (tertiary/aromatic N) is 3. The minimum atomic E-state index is -0.436. The molecule has 2 heterocycles. The first kappa shape index (κ1) is 27.2. The number of rotatable bonds is 9. The minimum Gasteiger partial charge on any atom is -0.494 e. The Morgan fingerprint density at radius 1 is 1.16 bits per heavy atom. The first-order valence-corrected chi connectivity index (χ1v) is 13.1. The highest BCUT2D eigenvalue weighted by molar-refractivity contribution is 5.93. The second-order valence-electron chi connectivity index (χ2n) is 10.4. The number of carbonyl (C=O) groups is 2. The quantitative estimate of drug-likeness (QED) is 0.421. The van der Waals surface area contributed by atoms with Crippen molar-refractivity contribution in [2.24, 2.45) is 0 Å². The molecule has 0 spiro atoms. The molecule has 1 fully saturated rings. The van der Waals surface area contributed by atoms with E-state index in [-0.39, 0.29) is 24.6 Å². The number of urea groups is 1. The Kier molecular flexibility index (Phi) is 8.68. The molecule has 1 atom stereocenters. The molecule has 3 aromatic rings. The van der Waals surface area contributed by atoms with Crippen LogP contribution >= 0.6 is 0 Å². The summed E-state index contributed by atoms with van der Waals surface area (Å²) in [5, 5.41) is 5.89. The number of imidazole rings is 1. The van der Waals surface area contributed by atoms with E-state index in [4.69, 9.17) is 14.5 Å². The third kappa shape index (κ3) is 7.35. The summed E-state index contributed by atoms with van der Waals surface area (Å²) < 4.78 is 13.2. The Labute approximate surface area is 224 Å². The van der Waals surface area contributed by atoms with Crippen LogP contribution in [0.15, 0.2) is 60.8 Å². The van der Waals surface area contributed by atoms with E-state index in [2.05, 4.69) is 10.6 Å². The van der Waals surface area contributed by atoms with Crippen LogP contribution in [0.2, 0.25) is 0 Å². The van der Waals surface area contributed by atoms with E-state index in [0.29, 0.717) is 31.4 Å². The number of aromatic nitrogens is 2. The Morgan fingerprint density at radius 3 is 2.63 bits per heavy atom. The van der Waals surface area contributed by atoms with Gasteiger partial charge in [-0.1, -0.05) is 36.4 Å². The van der Waals surface area contributed by atoms with Crippen molar-refractivity contribution < 1.29 is 19.1 Å². The van der Waals surface area contributed by atoms with Gasteiger partial charge in [0, 0.05) is 36.5 Å². The van der Waals surface area contributed by atoms with Crippen molar-refractivity contribution in [2.75, 3.05) is 31.6 Å². The number of anilines is 1. The molecule has 0 bridgehead atoms. The van der Waals surface area contributed by atoms with Crippen molar-refractivity contribution in [1.82, 2.24) is 19.8 Å². The largest absolute Gasteiger partial charge is 0.494 e. The molecule has 1 saturated heterocycles. The molecule has 0 unspecified atom stereocenters. The van der Waals surface area contributed by atoms with Gasteiger partial charge in [0.05, 0.1) is 24.1 Å². The van der Waals surface area contributed by atoms with Crippen LogP contribution in [-0.4, -0.2) is 64.3 Å². The van der Waals surface area contributed by atoms with Crippen LogP contribution in [0.3, 0.4) is 0 Å². The van der Waals surface area contributed by atoms with Gasteiger partial charge in [0.1, 0.15) is 12.3 Å². The third-order valence-corrected chi connectivity index (χ3v) is 5.99. The van der Waals surface area contributed by atoms with Crippen LogP contribution < -0.4 is 15.4 Å². The summed E-state index contributed by atoms with van der Waals surface area (Å²) >= 11 is 0. The van der Waals surface area contributed by atoms with E-state index in [9.17, 15) is 9.59 Å². The lowest BCUT2D eigenvalue weighted by molar-refractivity contribution is -0.117. The summed E-state index contributed by atoms with van der Waals surface area (Å²) in [5.41, 5.74) is 1.99. The second kappa shape index (κ2) is 12.1. The Bertz CT molecular complexity index is 1230. The number of hydrogen-bond acceptors (Lipinski definition) is 5. The van der Waals surface area contributed by atoms with Gasteiger partial charge in [-0.05, 0) is 52.7 Å². The molecule has 38 heavy (non-hydrogen) atoms. The number of benzene rings is 2. The Morgan fingerprint density at radius 2 is 1.95 bits per heavy atom. The SMILES string of the molecule is CCOc1cccc(-n2cc(-c3ccccc3)nc2NC(=O)CN(C[C@H]2CCCO2)C(=O)NC(C)(C)C)c1. The molecular formula is C29H37N5O4. The molecule has 9 nitrogen and oxygen atoms in total. The van der Waals surface area contributed by atoms with Gasteiger partial charge in [-0.25, -0.2) is 9.78 Å². The van der Waals surface area contributed by atoms with E-state index < -0.39 is 5.54 Å². The molecule has 0 radical (unpaired) electrons. The fraction of sp³-hybridized carbons (Fsp3) is 0.414. The summed E-state index contributed by atoms with van der Waals surface area (Å²) in [6, 6.07) is 17.1. The van der Waals surface area contributed by atoms with E-state index in [1.165, 1.54) is 4.90 Å². The van der Waals surface area contributed by atoms with E-state index in [1.54, 1.807) is 0 Å². The fourth-order valence-corrected chi connectivity index (χ4v) is 4.29. The van der Waals surface area contributed by atoms with Gasteiger partial charge >= 0.3 is 6.03 Å². The zero-order chi connectivity index (χ0) is 27.1. The first-order chi connectivity index (χ1) is 18.2. The van der Waals surface area contributed by atoms with E-state index in [0.717, 1.165) is 29.8 Å². The van der Waals surface area contributed by atoms with Crippen LogP contribution in [-0.2, 0) is 9.53 Å². The van der Waals surface area contributed by atoms with Gasteiger partial charge in [0.15, 0.2) is 0 Å². The zero-order valence-electron chi connectivity index (χ0n) is 22.6. The predicted molar refractivity (Wildman–Crippen MR) is 148 cm³/mol. The predicted octanol–water partition coefficient (Wildman–Crippen LogP) is 4.87. The van der Waals surface area contributed by atoms with E-state index >= 15 is 0 Å². The average Bonchev–Trinajstić information content (AvgIpc) is 3.54. The summed E-state index contributed by atoms with van der Waals surface area (Å²) in [4.78, 5) is 32.6. The number of ether oxygens (including phenoxy) is 2. The topological polar surface area (TPSA) is 97.7 Å². The number of amides is 3. The van der Waals surface area contributed by atoms with Crippen LogP contribution in [0.1, 0.15) is 40.5 Å². The van der Waals surface area contributed by atoms with Gasteiger partial charge in [0.25, 0.3) is 0 Å².